The minimum atomic E-state index is 0.197. The predicted octanol–water partition coefficient (Wildman–Crippen LogP) is 4.28. The van der Waals surface area contributed by atoms with Gasteiger partial charge >= 0.3 is 0 Å². The van der Waals surface area contributed by atoms with Crippen molar-refractivity contribution in [3.05, 3.63) is 65.2 Å². The van der Waals surface area contributed by atoms with E-state index in [1.54, 1.807) is 0 Å². The summed E-state index contributed by atoms with van der Waals surface area (Å²) in [4.78, 5) is 12.3. The van der Waals surface area contributed by atoms with E-state index in [1.165, 1.54) is 5.56 Å². The molecule has 2 aromatic carbocycles. The first-order valence-electron chi connectivity index (χ1n) is 7.51. The summed E-state index contributed by atoms with van der Waals surface area (Å²) in [5.74, 6) is 0.797. The highest BCUT2D eigenvalue weighted by molar-refractivity contribution is 5.96. The molecule has 21 heavy (non-hydrogen) atoms. The van der Waals surface area contributed by atoms with Crippen molar-refractivity contribution in [3.63, 3.8) is 0 Å². The van der Waals surface area contributed by atoms with Crippen LogP contribution in [-0.4, -0.2) is 5.78 Å². The molecule has 2 heteroatoms. The van der Waals surface area contributed by atoms with E-state index in [9.17, 15) is 4.79 Å². The first-order valence-corrected chi connectivity index (χ1v) is 7.51. The third kappa shape index (κ3) is 4.75. The van der Waals surface area contributed by atoms with E-state index in [1.807, 2.05) is 42.5 Å². The van der Waals surface area contributed by atoms with Gasteiger partial charge in [0.05, 0.1) is 0 Å². The van der Waals surface area contributed by atoms with Gasteiger partial charge in [0.15, 0.2) is 5.78 Å². The molecule has 2 N–H and O–H groups in total. The van der Waals surface area contributed by atoms with Crippen LogP contribution in [0.3, 0.4) is 0 Å². The second kappa shape index (κ2) is 7.07. The predicted molar refractivity (Wildman–Crippen MR) is 88.5 cm³/mol. The van der Waals surface area contributed by atoms with Crippen LogP contribution in [0.15, 0.2) is 48.5 Å². The normalized spacial score (nSPS) is 10.8. The Morgan fingerprint density at radius 3 is 2.48 bits per heavy atom. The Morgan fingerprint density at radius 2 is 1.76 bits per heavy atom. The molecule has 0 atom stereocenters. The molecule has 0 bridgehead atoms. The molecule has 0 unspecified atom stereocenters. The van der Waals surface area contributed by atoms with Crippen LogP contribution in [0.2, 0.25) is 0 Å². The number of Topliss-reactive ketones (excluding diaryl/α,β-unsaturated/α-hetero) is 1. The van der Waals surface area contributed by atoms with Gasteiger partial charge in [-0.1, -0.05) is 44.2 Å². The van der Waals surface area contributed by atoms with Crippen molar-refractivity contribution in [2.24, 2.45) is 5.92 Å². The molecule has 2 aromatic rings. The molecular weight excluding hydrogens is 258 g/mol. The first kappa shape index (κ1) is 15.3. The fraction of sp³-hybridized carbons (Fsp3) is 0.316. The standard InChI is InChI=1S/C19H23NO/c1-14(2)11-16-6-3-7-17(12-16)19(21)10-9-15-5-4-8-18(20)13-15/h3-8,12-14H,9-11,20H2,1-2H3. The third-order valence-corrected chi connectivity index (χ3v) is 3.48. The number of aryl methyl sites for hydroxylation is 1. The van der Waals surface area contributed by atoms with Gasteiger partial charge in [-0.3, -0.25) is 4.79 Å². The summed E-state index contributed by atoms with van der Waals surface area (Å²) in [6, 6.07) is 15.7. The molecule has 0 aliphatic rings. The second-order valence-corrected chi connectivity index (χ2v) is 5.97. The maximum Gasteiger partial charge on any atom is 0.163 e. The minimum absolute atomic E-state index is 0.197. The van der Waals surface area contributed by atoms with E-state index in [4.69, 9.17) is 5.73 Å². The van der Waals surface area contributed by atoms with E-state index in [2.05, 4.69) is 19.9 Å². The highest BCUT2D eigenvalue weighted by Gasteiger charge is 2.08. The Balaban J connectivity index is 2.00. The lowest BCUT2D eigenvalue weighted by Gasteiger charge is -2.07. The molecule has 0 spiro atoms. The highest BCUT2D eigenvalue weighted by Crippen LogP contribution is 2.14. The van der Waals surface area contributed by atoms with Gasteiger partial charge in [-0.15, -0.1) is 0 Å². The largest absolute Gasteiger partial charge is 0.399 e. The number of ketones is 1. The molecule has 0 amide bonds. The van der Waals surface area contributed by atoms with Crippen molar-refractivity contribution in [1.29, 1.82) is 0 Å². The molecule has 0 aliphatic carbocycles. The maximum absolute atomic E-state index is 12.3. The van der Waals surface area contributed by atoms with Crippen LogP contribution in [0.5, 0.6) is 0 Å². The van der Waals surface area contributed by atoms with Crippen LogP contribution in [0.4, 0.5) is 5.69 Å². The topological polar surface area (TPSA) is 43.1 Å². The van der Waals surface area contributed by atoms with Crippen LogP contribution in [0, 0.1) is 5.92 Å². The number of benzene rings is 2. The molecule has 110 valence electrons. The number of hydrogen-bond donors (Lipinski definition) is 1. The van der Waals surface area contributed by atoms with Crippen LogP contribution >= 0.6 is 0 Å². The number of nitrogens with two attached hydrogens (primary N) is 1. The number of carbonyl (C=O) groups excluding carboxylic acids is 1. The van der Waals surface area contributed by atoms with Crippen molar-refractivity contribution in [3.8, 4) is 0 Å². The van der Waals surface area contributed by atoms with Crippen molar-refractivity contribution in [2.45, 2.75) is 33.1 Å². The second-order valence-electron chi connectivity index (χ2n) is 5.97. The van der Waals surface area contributed by atoms with Crippen LogP contribution in [0.1, 0.15) is 41.8 Å². The summed E-state index contributed by atoms with van der Waals surface area (Å²) >= 11 is 0. The SMILES string of the molecule is CC(C)Cc1cccc(C(=O)CCc2cccc(N)c2)c1. The Morgan fingerprint density at radius 1 is 1.05 bits per heavy atom. The van der Waals surface area contributed by atoms with Gasteiger partial charge in [0, 0.05) is 17.7 Å². The van der Waals surface area contributed by atoms with E-state index in [-0.39, 0.29) is 5.78 Å². The highest BCUT2D eigenvalue weighted by atomic mass is 16.1. The summed E-state index contributed by atoms with van der Waals surface area (Å²) in [5.41, 5.74) is 9.67. The van der Waals surface area contributed by atoms with Crippen LogP contribution in [0.25, 0.3) is 0 Å². The molecule has 0 aromatic heterocycles. The average Bonchev–Trinajstić information content (AvgIpc) is 2.44. The van der Waals surface area contributed by atoms with Crippen molar-refractivity contribution in [2.75, 3.05) is 5.73 Å². The first-order chi connectivity index (χ1) is 10.0. The quantitative estimate of drug-likeness (QED) is 0.634. The summed E-state index contributed by atoms with van der Waals surface area (Å²) in [6.07, 6.45) is 2.27. The Hall–Kier alpha value is -2.09. The fourth-order valence-electron chi connectivity index (χ4n) is 2.49. The number of hydrogen-bond acceptors (Lipinski definition) is 2. The lowest BCUT2D eigenvalue weighted by molar-refractivity contribution is 0.0982. The molecule has 0 heterocycles. The molecule has 0 saturated carbocycles. The van der Waals surface area contributed by atoms with Crippen LogP contribution in [-0.2, 0) is 12.8 Å². The van der Waals surface area contributed by atoms with Gasteiger partial charge in [0.2, 0.25) is 0 Å². The number of anilines is 1. The zero-order valence-electron chi connectivity index (χ0n) is 12.8. The molecule has 2 nitrogen and oxygen atoms in total. The van der Waals surface area contributed by atoms with Gasteiger partial charge in [-0.05, 0) is 48.1 Å². The van der Waals surface area contributed by atoms with Crippen molar-refractivity contribution >= 4 is 11.5 Å². The van der Waals surface area contributed by atoms with Crippen molar-refractivity contribution < 1.29 is 4.79 Å². The zero-order chi connectivity index (χ0) is 15.2. The molecule has 2 rings (SSSR count). The van der Waals surface area contributed by atoms with E-state index in [0.29, 0.717) is 12.3 Å². The Bertz CT molecular complexity index is 616. The van der Waals surface area contributed by atoms with Gasteiger partial charge < -0.3 is 5.73 Å². The summed E-state index contributed by atoms with van der Waals surface area (Å²) in [7, 11) is 0. The third-order valence-electron chi connectivity index (χ3n) is 3.48. The Kier molecular flexibility index (Phi) is 5.15. The molecular formula is C19H23NO. The monoisotopic (exact) mass is 281 g/mol. The minimum Gasteiger partial charge on any atom is -0.399 e. The smallest absolute Gasteiger partial charge is 0.163 e. The lowest BCUT2D eigenvalue weighted by atomic mass is 9.97. The molecule has 0 fully saturated rings. The number of nitrogen functional groups attached to an aromatic ring is 1. The van der Waals surface area contributed by atoms with Gasteiger partial charge in [-0.2, -0.15) is 0 Å². The number of carbonyl (C=O) groups is 1. The molecule has 0 aliphatic heterocycles. The fourth-order valence-corrected chi connectivity index (χ4v) is 2.49. The summed E-state index contributed by atoms with van der Waals surface area (Å²) in [6.45, 7) is 4.38. The van der Waals surface area contributed by atoms with Gasteiger partial charge in [0.25, 0.3) is 0 Å². The van der Waals surface area contributed by atoms with Gasteiger partial charge in [0.1, 0.15) is 0 Å². The lowest BCUT2D eigenvalue weighted by Crippen LogP contribution is -2.03. The average molecular weight is 281 g/mol. The summed E-state index contributed by atoms with van der Waals surface area (Å²) in [5, 5.41) is 0. The van der Waals surface area contributed by atoms with Crippen LogP contribution < -0.4 is 5.73 Å². The number of rotatable bonds is 6. The Labute approximate surface area is 127 Å². The van der Waals surface area contributed by atoms with E-state index in [0.717, 1.165) is 29.7 Å². The van der Waals surface area contributed by atoms with E-state index >= 15 is 0 Å². The maximum atomic E-state index is 12.3. The van der Waals surface area contributed by atoms with Crippen molar-refractivity contribution in [1.82, 2.24) is 0 Å². The van der Waals surface area contributed by atoms with Gasteiger partial charge in [-0.25, -0.2) is 0 Å². The zero-order valence-corrected chi connectivity index (χ0v) is 12.8. The molecule has 0 radical (unpaired) electrons. The van der Waals surface area contributed by atoms with E-state index < -0.39 is 0 Å². The molecule has 0 saturated heterocycles. The summed E-state index contributed by atoms with van der Waals surface area (Å²) < 4.78 is 0.